The van der Waals surface area contributed by atoms with Crippen LogP contribution in [-0.2, 0) is 6.54 Å². The lowest BCUT2D eigenvalue weighted by atomic mass is 10.2. The number of carboxylic acid groups (broad SMARTS) is 1. The van der Waals surface area contributed by atoms with Gasteiger partial charge in [-0.2, -0.15) is 5.10 Å². The number of aliphatic hydroxyl groups is 1. The van der Waals surface area contributed by atoms with E-state index in [0.717, 1.165) is 32.2 Å². The fraction of sp³-hybridized carbons (Fsp3) is 0.636. The first-order valence-corrected chi connectivity index (χ1v) is 5.53. The van der Waals surface area contributed by atoms with Crippen molar-refractivity contribution in [2.24, 2.45) is 0 Å². The molecule has 0 aliphatic heterocycles. The maximum atomic E-state index is 10.8. The van der Waals surface area contributed by atoms with Crippen LogP contribution in [0.5, 0.6) is 0 Å². The standard InChI is InChI=1S/C11H18N2O3/c1-9-10(11(15)16)8-12-13(9)6-4-2-3-5-7-14/h8,14H,2-7H2,1H3,(H,15,16). The first-order chi connectivity index (χ1) is 7.66. The highest BCUT2D eigenvalue weighted by molar-refractivity contribution is 5.88. The van der Waals surface area contributed by atoms with Gasteiger partial charge in [0.2, 0.25) is 0 Å². The molecule has 0 fully saturated rings. The van der Waals surface area contributed by atoms with Crippen molar-refractivity contribution >= 4 is 5.97 Å². The van der Waals surface area contributed by atoms with Crippen LogP contribution in [0.1, 0.15) is 41.7 Å². The third kappa shape index (κ3) is 3.34. The molecule has 0 bridgehead atoms. The smallest absolute Gasteiger partial charge is 0.339 e. The monoisotopic (exact) mass is 226 g/mol. The van der Waals surface area contributed by atoms with Crippen molar-refractivity contribution in [2.75, 3.05) is 6.61 Å². The molecule has 0 amide bonds. The molecule has 0 atom stereocenters. The van der Waals surface area contributed by atoms with Gasteiger partial charge in [0.05, 0.1) is 6.20 Å². The highest BCUT2D eigenvalue weighted by Gasteiger charge is 2.11. The van der Waals surface area contributed by atoms with E-state index in [0.29, 0.717) is 5.69 Å². The zero-order chi connectivity index (χ0) is 12.0. The van der Waals surface area contributed by atoms with Gasteiger partial charge in [-0.25, -0.2) is 4.79 Å². The second-order valence-corrected chi connectivity index (χ2v) is 3.81. The molecule has 0 aromatic carbocycles. The van der Waals surface area contributed by atoms with E-state index in [1.54, 1.807) is 11.6 Å². The third-order valence-corrected chi connectivity index (χ3v) is 2.61. The molecule has 90 valence electrons. The zero-order valence-corrected chi connectivity index (χ0v) is 9.52. The molecule has 16 heavy (non-hydrogen) atoms. The van der Waals surface area contributed by atoms with Crippen molar-refractivity contribution in [1.29, 1.82) is 0 Å². The van der Waals surface area contributed by atoms with E-state index in [-0.39, 0.29) is 12.2 Å². The highest BCUT2D eigenvalue weighted by Crippen LogP contribution is 2.09. The van der Waals surface area contributed by atoms with Gasteiger partial charge in [0, 0.05) is 18.8 Å². The van der Waals surface area contributed by atoms with E-state index >= 15 is 0 Å². The van der Waals surface area contributed by atoms with Gasteiger partial charge in [-0.3, -0.25) is 4.68 Å². The molecule has 0 unspecified atom stereocenters. The molecule has 1 heterocycles. The van der Waals surface area contributed by atoms with Gasteiger partial charge in [-0.05, 0) is 19.8 Å². The maximum absolute atomic E-state index is 10.8. The number of unbranched alkanes of at least 4 members (excludes halogenated alkanes) is 3. The molecular formula is C11H18N2O3. The zero-order valence-electron chi connectivity index (χ0n) is 9.52. The van der Waals surface area contributed by atoms with Crippen LogP contribution in [-0.4, -0.2) is 32.6 Å². The molecule has 0 spiro atoms. The van der Waals surface area contributed by atoms with Crippen LogP contribution < -0.4 is 0 Å². The number of aromatic carboxylic acids is 1. The summed E-state index contributed by atoms with van der Waals surface area (Å²) in [6.45, 7) is 2.75. The fourth-order valence-electron chi connectivity index (χ4n) is 1.61. The Morgan fingerprint density at radius 1 is 1.38 bits per heavy atom. The second-order valence-electron chi connectivity index (χ2n) is 3.81. The molecular weight excluding hydrogens is 208 g/mol. The Balaban J connectivity index is 2.40. The van der Waals surface area contributed by atoms with Crippen molar-refractivity contribution in [2.45, 2.75) is 39.2 Å². The molecule has 0 aliphatic rings. The molecule has 1 aromatic heterocycles. The van der Waals surface area contributed by atoms with Crippen molar-refractivity contribution in [3.63, 3.8) is 0 Å². The fourth-order valence-corrected chi connectivity index (χ4v) is 1.61. The van der Waals surface area contributed by atoms with Crippen LogP contribution >= 0.6 is 0 Å². The van der Waals surface area contributed by atoms with Gasteiger partial charge in [-0.1, -0.05) is 12.8 Å². The Morgan fingerprint density at radius 3 is 2.62 bits per heavy atom. The van der Waals surface area contributed by atoms with E-state index in [1.165, 1.54) is 6.20 Å². The first-order valence-electron chi connectivity index (χ1n) is 5.53. The second kappa shape index (κ2) is 6.27. The molecule has 5 heteroatoms. The van der Waals surface area contributed by atoms with Gasteiger partial charge in [0.1, 0.15) is 5.56 Å². The van der Waals surface area contributed by atoms with Gasteiger partial charge < -0.3 is 10.2 Å². The average Bonchev–Trinajstić information content (AvgIpc) is 2.60. The van der Waals surface area contributed by atoms with Crippen LogP contribution in [0, 0.1) is 6.92 Å². The Morgan fingerprint density at radius 2 is 2.06 bits per heavy atom. The predicted molar refractivity (Wildman–Crippen MR) is 59.5 cm³/mol. The summed E-state index contributed by atoms with van der Waals surface area (Å²) in [5, 5.41) is 21.5. The average molecular weight is 226 g/mol. The van der Waals surface area contributed by atoms with Crippen molar-refractivity contribution < 1.29 is 15.0 Å². The number of aryl methyl sites for hydroxylation is 1. The van der Waals surface area contributed by atoms with E-state index in [1.807, 2.05) is 0 Å². The minimum absolute atomic E-state index is 0.240. The lowest BCUT2D eigenvalue weighted by molar-refractivity contribution is 0.0696. The topological polar surface area (TPSA) is 75.3 Å². The minimum Gasteiger partial charge on any atom is -0.478 e. The number of hydrogen-bond acceptors (Lipinski definition) is 3. The Kier molecular flexibility index (Phi) is 4.98. The summed E-state index contributed by atoms with van der Waals surface area (Å²) in [5.41, 5.74) is 0.977. The summed E-state index contributed by atoms with van der Waals surface area (Å²) in [6, 6.07) is 0. The quantitative estimate of drug-likeness (QED) is 0.690. The Labute approximate surface area is 94.7 Å². The molecule has 0 radical (unpaired) electrons. The molecule has 1 aromatic rings. The SMILES string of the molecule is Cc1c(C(=O)O)cnn1CCCCCCO. The van der Waals surface area contributed by atoms with Gasteiger partial charge in [0.25, 0.3) is 0 Å². The predicted octanol–water partition coefficient (Wildman–Crippen LogP) is 1.44. The number of aromatic nitrogens is 2. The van der Waals surface area contributed by atoms with Crippen LogP contribution in [0.25, 0.3) is 0 Å². The summed E-state index contributed by atoms with van der Waals surface area (Å²) < 4.78 is 1.72. The number of aliphatic hydroxyl groups excluding tert-OH is 1. The normalized spacial score (nSPS) is 10.6. The number of carboxylic acids is 1. The lowest BCUT2D eigenvalue weighted by Gasteiger charge is -2.04. The molecule has 1 rings (SSSR count). The van der Waals surface area contributed by atoms with Crippen LogP contribution in [0.3, 0.4) is 0 Å². The molecule has 2 N–H and O–H groups in total. The number of nitrogens with zero attached hydrogens (tertiary/aromatic N) is 2. The van der Waals surface area contributed by atoms with E-state index in [9.17, 15) is 4.79 Å². The van der Waals surface area contributed by atoms with E-state index in [4.69, 9.17) is 10.2 Å². The largest absolute Gasteiger partial charge is 0.478 e. The van der Waals surface area contributed by atoms with Crippen LogP contribution in [0.15, 0.2) is 6.20 Å². The Bertz CT molecular complexity index is 347. The lowest BCUT2D eigenvalue weighted by Crippen LogP contribution is -2.05. The molecule has 0 aliphatic carbocycles. The third-order valence-electron chi connectivity index (χ3n) is 2.61. The van der Waals surface area contributed by atoms with E-state index in [2.05, 4.69) is 5.10 Å². The summed E-state index contributed by atoms with van der Waals surface area (Å²) in [4.78, 5) is 10.8. The number of carbonyl (C=O) groups is 1. The molecule has 0 saturated heterocycles. The highest BCUT2D eigenvalue weighted by atomic mass is 16.4. The number of hydrogen-bond donors (Lipinski definition) is 2. The van der Waals surface area contributed by atoms with Gasteiger partial charge >= 0.3 is 5.97 Å². The van der Waals surface area contributed by atoms with Crippen molar-refractivity contribution in [3.05, 3.63) is 17.5 Å². The summed E-state index contributed by atoms with van der Waals surface area (Å²) in [6.07, 6.45) is 5.22. The molecule has 5 nitrogen and oxygen atoms in total. The van der Waals surface area contributed by atoms with Crippen LogP contribution in [0.4, 0.5) is 0 Å². The number of rotatable bonds is 7. The Hall–Kier alpha value is -1.36. The maximum Gasteiger partial charge on any atom is 0.339 e. The summed E-state index contributed by atoms with van der Waals surface area (Å²) in [5.74, 6) is -0.927. The van der Waals surface area contributed by atoms with Gasteiger partial charge in [0.15, 0.2) is 0 Å². The van der Waals surface area contributed by atoms with E-state index < -0.39 is 5.97 Å². The van der Waals surface area contributed by atoms with Gasteiger partial charge in [-0.15, -0.1) is 0 Å². The minimum atomic E-state index is -0.927. The van der Waals surface area contributed by atoms with Crippen LogP contribution in [0.2, 0.25) is 0 Å². The first kappa shape index (κ1) is 12.7. The van der Waals surface area contributed by atoms with Crippen molar-refractivity contribution in [3.8, 4) is 0 Å². The summed E-state index contributed by atoms with van der Waals surface area (Å²) in [7, 11) is 0. The van der Waals surface area contributed by atoms with Crippen molar-refractivity contribution in [1.82, 2.24) is 9.78 Å². The summed E-state index contributed by atoms with van der Waals surface area (Å²) >= 11 is 0. The molecule has 0 saturated carbocycles.